The highest BCUT2D eigenvalue weighted by Crippen LogP contribution is 2.29. The molecule has 0 unspecified atom stereocenters. The zero-order chi connectivity index (χ0) is 22.3. The van der Waals surface area contributed by atoms with Crippen LogP contribution in [-0.2, 0) is 4.79 Å². The summed E-state index contributed by atoms with van der Waals surface area (Å²) in [6.45, 7) is 3.09. The lowest BCUT2D eigenvalue weighted by atomic mass is 10.1. The summed E-state index contributed by atoms with van der Waals surface area (Å²) in [7, 11) is 0. The van der Waals surface area contributed by atoms with Crippen LogP contribution in [0.1, 0.15) is 66.7 Å². The molecule has 0 aliphatic heterocycles. The Morgan fingerprint density at radius 3 is 2.30 bits per heavy atom. The Labute approximate surface area is 172 Å². The minimum atomic E-state index is -1.25. The van der Waals surface area contributed by atoms with Crippen LogP contribution in [0.3, 0.4) is 0 Å². The zero-order valence-electron chi connectivity index (χ0n) is 16.7. The summed E-state index contributed by atoms with van der Waals surface area (Å²) in [5, 5.41) is 22.2. The molecule has 9 nitrogen and oxygen atoms in total. The molecule has 1 heterocycles. The average Bonchev–Trinajstić information content (AvgIpc) is 2.66. The Hall–Kier alpha value is -3.62. The van der Waals surface area contributed by atoms with Crippen LogP contribution in [0.4, 0.5) is 5.69 Å². The molecule has 1 amide bonds. The lowest BCUT2D eigenvalue weighted by Gasteiger charge is -2.10. The fraction of sp³-hybridized carbons (Fsp3) is 0.333. The van der Waals surface area contributed by atoms with E-state index in [-0.39, 0.29) is 11.7 Å². The van der Waals surface area contributed by atoms with Gasteiger partial charge in [-0.15, -0.1) is 0 Å². The number of anilines is 1. The van der Waals surface area contributed by atoms with Crippen molar-refractivity contribution < 1.29 is 33.8 Å². The van der Waals surface area contributed by atoms with Crippen LogP contribution in [0.2, 0.25) is 0 Å². The van der Waals surface area contributed by atoms with Crippen LogP contribution in [0.15, 0.2) is 33.5 Å². The molecular formula is C21H23NO8. The lowest BCUT2D eigenvalue weighted by Crippen LogP contribution is -2.18. The SMILES string of the molecule is CCCCCCC(=O)Oc1ccc(NC(=O)c2c(O)oc(=O)c(C(C)=O)c2O)cc1. The minimum absolute atomic E-state index is 0.247. The van der Waals surface area contributed by atoms with E-state index in [0.29, 0.717) is 12.2 Å². The first kappa shape index (κ1) is 22.7. The van der Waals surface area contributed by atoms with Crippen molar-refractivity contribution >= 4 is 23.3 Å². The Morgan fingerprint density at radius 2 is 1.70 bits per heavy atom. The molecule has 0 bridgehead atoms. The number of amides is 1. The van der Waals surface area contributed by atoms with Crippen molar-refractivity contribution in [3.05, 3.63) is 45.8 Å². The van der Waals surface area contributed by atoms with Crippen LogP contribution in [0.25, 0.3) is 0 Å². The molecule has 3 N–H and O–H groups in total. The fourth-order valence-corrected chi connectivity index (χ4v) is 2.71. The molecule has 160 valence electrons. The summed E-state index contributed by atoms with van der Waals surface area (Å²) in [4.78, 5) is 47.2. The van der Waals surface area contributed by atoms with Crippen molar-refractivity contribution in [2.24, 2.45) is 0 Å². The summed E-state index contributed by atoms with van der Waals surface area (Å²) >= 11 is 0. The summed E-state index contributed by atoms with van der Waals surface area (Å²) < 4.78 is 9.67. The number of ether oxygens (including phenoxy) is 1. The highest BCUT2D eigenvalue weighted by molar-refractivity contribution is 6.10. The number of ketones is 1. The summed E-state index contributed by atoms with van der Waals surface area (Å²) in [6.07, 6.45) is 4.16. The normalized spacial score (nSPS) is 10.5. The number of carbonyl (C=O) groups excluding carboxylic acids is 3. The Morgan fingerprint density at radius 1 is 1.03 bits per heavy atom. The number of hydrogen-bond donors (Lipinski definition) is 3. The van der Waals surface area contributed by atoms with E-state index in [9.17, 15) is 29.4 Å². The lowest BCUT2D eigenvalue weighted by molar-refractivity contribution is -0.134. The van der Waals surface area contributed by atoms with Gasteiger partial charge in [-0.2, -0.15) is 0 Å². The van der Waals surface area contributed by atoms with Crippen molar-refractivity contribution in [1.29, 1.82) is 0 Å². The van der Waals surface area contributed by atoms with Gasteiger partial charge < -0.3 is 24.7 Å². The first-order valence-corrected chi connectivity index (χ1v) is 9.46. The number of nitrogens with one attached hydrogen (secondary N) is 1. The number of hydrogen-bond acceptors (Lipinski definition) is 8. The van der Waals surface area contributed by atoms with Gasteiger partial charge in [0.25, 0.3) is 5.91 Å². The number of esters is 1. The molecule has 2 rings (SSSR count). The molecule has 0 spiro atoms. The van der Waals surface area contributed by atoms with Gasteiger partial charge in [0.1, 0.15) is 11.3 Å². The van der Waals surface area contributed by atoms with Crippen LogP contribution >= 0.6 is 0 Å². The molecule has 0 fully saturated rings. The second-order valence-corrected chi connectivity index (χ2v) is 6.61. The predicted molar refractivity (Wildman–Crippen MR) is 107 cm³/mol. The summed E-state index contributed by atoms with van der Waals surface area (Å²) in [5.41, 5.74) is -2.49. The zero-order valence-corrected chi connectivity index (χ0v) is 16.7. The van der Waals surface area contributed by atoms with Gasteiger partial charge >= 0.3 is 17.5 Å². The van der Waals surface area contributed by atoms with Gasteiger partial charge in [-0.1, -0.05) is 26.2 Å². The monoisotopic (exact) mass is 417 g/mol. The highest BCUT2D eigenvalue weighted by Gasteiger charge is 2.27. The Bertz CT molecular complexity index is 991. The van der Waals surface area contributed by atoms with E-state index in [1.165, 1.54) is 24.3 Å². The van der Waals surface area contributed by atoms with Gasteiger partial charge in [0.15, 0.2) is 17.1 Å². The number of unbranched alkanes of at least 4 members (excludes halogenated alkanes) is 3. The maximum atomic E-state index is 12.4. The number of Topliss-reactive ketones (excluding diaryl/α,β-unsaturated/α-hetero) is 1. The molecule has 1 aromatic heterocycles. The number of aromatic hydroxyl groups is 2. The standard InChI is InChI=1S/C21H23NO8/c1-3-4-5-6-7-15(24)29-14-10-8-13(9-11-14)22-19(26)17-18(25)16(12(2)23)20(27)30-21(17)28/h8-11,25,28H,3-7H2,1-2H3,(H,22,26). The largest absolute Gasteiger partial charge is 0.506 e. The third-order valence-corrected chi connectivity index (χ3v) is 4.24. The smallest absolute Gasteiger partial charge is 0.353 e. The number of carbonyl (C=O) groups is 3. The second kappa shape index (κ2) is 10.2. The van der Waals surface area contributed by atoms with Crippen LogP contribution < -0.4 is 15.7 Å². The van der Waals surface area contributed by atoms with E-state index in [1.54, 1.807) is 0 Å². The first-order chi connectivity index (χ1) is 14.2. The van der Waals surface area contributed by atoms with Gasteiger partial charge in [0.2, 0.25) is 0 Å². The van der Waals surface area contributed by atoms with E-state index < -0.39 is 40.1 Å². The molecule has 0 saturated heterocycles. The molecule has 0 aliphatic rings. The Balaban J connectivity index is 2.07. The molecule has 30 heavy (non-hydrogen) atoms. The van der Waals surface area contributed by atoms with Gasteiger partial charge in [-0.25, -0.2) is 4.79 Å². The van der Waals surface area contributed by atoms with Gasteiger partial charge in [0, 0.05) is 12.1 Å². The van der Waals surface area contributed by atoms with Crippen LogP contribution in [0, 0.1) is 0 Å². The molecule has 0 saturated carbocycles. The predicted octanol–water partition coefficient (Wildman–Crippen LogP) is 3.38. The van der Waals surface area contributed by atoms with Crippen LogP contribution in [-0.4, -0.2) is 27.9 Å². The van der Waals surface area contributed by atoms with Gasteiger partial charge in [-0.05, 0) is 37.6 Å². The van der Waals surface area contributed by atoms with Crippen molar-refractivity contribution in [3.63, 3.8) is 0 Å². The van der Waals surface area contributed by atoms with E-state index >= 15 is 0 Å². The molecule has 1 aromatic carbocycles. The van der Waals surface area contributed by atoms with Crippen molar-refractivity contribution in [2.45, 2.75) is 46.0 Å². The number of rotatable bonds is 9. The second-order valence-electron chi connectivity index (χ2n) is 6.61. The third kappa shape index (κ3) is 5.69. The maximum Gasteiger partial charge on any atom is 0.353 e. The Kier molecular flexibility index (Phi) is 7.74. The summed E-state index contributed by atoms with van der Waals surface area (Å²) in [5.74, 6) is -3.97. The minimum Gasteiger partial charge on any atom is -0.506 e. The van der Waals surface area contributed by atoms with Gasteiger partial charge in [-0.3, -0.25) is 14.4 Å². The quantitative estimate of drug-likeness (QED) is 0.244. The van der Waals surface area contributed by atoms with E-state index in [2.05, 4.69) is 16.7 Å². The van der Waals surface area contributed by atoms with Crippen molar-refractivity contribution in [2.75, 3.05) is 5.32 Å². The first-order valence-electron chi connectivity index (χ1n) is 9.46. The van der Waals surface area contributed by atoms with E-state index in [4.69, 9.17) is 4.74 Å². The maximum absolute atomic E-state index is 12.4. The average molecular weight is 417 g/mol. The number of benzene rings is 1. The fourth-order valence-electron chi connectivity index (χ4n) is 2.71. The molecule has 0 aliphatic carbocycles. The van der Waals surface area contributed by atoms with E-state index in [0.717, 1.165) is 32.6 Å². The highest BCUT2D eigenvalue weighted by atomic mass is 16.5. The molecule has 2 aromatic rings. The van der Waals surface area contributed by atoms with Gasteiger partial charge in [0.05, 0.1) is 0 Å². The van der Waals surface area contributed by atoms with E-state index in [1.807, 2.05) is 0 Å². The third-order valence-electron chi connectivity index (χ3n) is 4.24. The van der Waals surface area contributed by atoms with Crippen LogP contribution in [0.5, 0.6) is 17.4 Å². The van der Waals surface area contributed by atoms with Crippen molar-refractivity contribution in [3.8, 4) is 17.4 Å². The molecule has 0 atom stereocenters. The topological polar surface area (TPSA) is 143 Å². The molecule has 9 heteroatoms. The summed E-state index contributed by atoms with van der Waals surface area (Å²) in [6, 6.07) is 5.81. The molecule has 0 radical (unpaired) electrons. The molecular weight excluding hydrogens is 394 g/mol. The van der Waals surface area contributed by atoms with Crippen molar-refractivity contribution in [1.82, 2.24) is 0 Å².